The lowest BCUT2D eigenvalue weighted by molar-refractivity contribution is -0.384. The van der Waals surface area contributed by atoms with Gasteiger partial charge >= 0.3 is 0 Å². The number of amides is 1. The van der Waals surface area contributed by atoms with Crippen molar-refractivity contribution in [2.45, 2.75) is 19.4 Å². The molecule has 27 heavy (non-hydrogen) atoms. The summed E-state index contributed by atoms with van der Waals surface area (Å²) >= 11 is 0. The number of carbonyl (C=O) groups excluding carboxylic acids is 2. The molecule has 1 aromatic heterocycles. The van der Waals surface area contributed by atoms with Crippen LogP contribution in [-0.4, -0.2) is 38.1 Å². The number of pyridine rings is 1. The average molecular weight is 367 g/mol. The Morgan fingerprint density at radius 2 is 1.96 bits per heavy atom. The predicted molar refractivity (Wildman–Crippen MR) is 96.6 cm³/mol. The fraction of sp³-hybridized carbons (Fsp3) is 0.211. The Hall–Kier alpha value is -3.55. The molecule has 3 rings (SSSR count). The van der Waals surface area contributed by atoms with Gasteiger partial charge in [0.2, 0.25) is 0 Å². The topological polar surface area (TPSA) is 114 Å². The number of likely N-dealkylation sites (tertiary alicyclic amines) is 1. The molecule has 0 spiro atoms. The standard InChI is InChI=1S/C19H17N3O5/c1-2-10-21-16(13-4-3-9-20-11-13)15(18(24)19(21)25)17(23)12-5-7-14(8-6-12)22(26)27/h3-9,11,16,23H,2,10H2,1H3/b17-15-. The van der Waals surface area contributed by atoms with Crippen LogP contribution in [0, 0.1) is 10.1 Å². The summed E-state index contributed by atoms with van der Waals surface area (Å²) in [6, 6.07) is 7.82. The van der Waals surface area contributed by atoms with E-state index in [4.69, 9.17) is 0 Å². The van der Waals surface area contributed by atoms with Crippen LogP contribution in [0.3, 0.4) is 0 Å². The number of aliphatic hydroxyl groups is 1. The lowest BCUT2D eigenvalue weighted by Crippen LogP contribution is -2.30. The maximum atomic E-state index is 12.6. The third kappa shape index (κ3) is 3.29. The van der Waals surface area contributed by atoms with Gasteiger partial charge in [0.25, 0.3) is 17.4 Å². The molecular weight excluding hydrogens is 350 g/mol. The molecule has 138 valence electrons. The summed E-state index contributed by atoms with van der Waals surface area (Å²) in [4.78, 5) is 40.8. The van der Waals surface area contributed by atoms with E-state index in [2.05, 4.69) is 4.98 Å². The van der Waals surface area contributed by atoms with Gasteiger partial charge in [0.1, 0.15) is 5.76 Å². The highest BCUT2D eigenvalue weighted by Crippen LogP contribution is 2.39. The number of benzene rings is 1. The molecule has 2 heterocycles. The Morgan fingerprint density at radius 3 is 2.52 bits per heavy atom. The zero-order valence-electron chi connectivity index (χ0n) is 14.5. The van der Waals surface area contributed by atoms with E-state index in [9.17, 15) is 24.8 Å². The molecule has 1 aliphatic rings. The number of Topliss-reactive ketones (excluding diaryl/α,β-unsaturated/α-hetero) is 1. The Morgan fingerprint density at radius 1 is 1.26 bits per heavy atom. The molecule has 1 amide bonds. The zero-order valence-corrected chi connectivity index (χ0v) is 14.5. The van der Waals surface area contributed by atoms with E-state index in [1.165, 1.54) is 29.2 Å². The second-order valence-corrected chi connectivity index (χ2v) is 6.08. The number of nitro benzene ring substituents is 1. The summed E-state index contributed by atoms with van der Waals surface area (Å²) in [7, 11) is 0. The third-order valence-corrected chi connectivity index (χ3v) is 4.36. The summed E-state index contributed by atoms with van der Waals surface area (Å²) in [6.45, 7) is 2.23. The van der Waals surface area contributed by atoms with Gasteiger partial charge in [-0.15, -0.1) is 0 Å². The first-order chi connectivity index (χ1) is 13.0. The second-order valence-electron chi connectivity index (χ2n) is 6.08. The Balaban J connectivity index is 2.14. The van der Waals surface area contributed by atoms with Crippen LogP contribution in [0.4, 0.5) is 5.69 Å². The molecule has 1 aromatic carbocycles. The van der Waals surface area contributed by atoms with Gasteiger partial charge in [-0.2, -0.15) is 0 Å². The SMILES string of the molecule is CCCN1C(=O)C(=O)/C(=C(\O)c2ccc([N+](=O)[O-])cc2)C1c1cccnc1. The fourth-order valence-electron chi connectivity index (χ4n) is 3.13. The van der Waals surface area contributed by atoms with Gasteiger partial charge in [-0.3, -0.25) is 24.7 Å². The first-order valence-corrected chi connectivity index (χ1v) is 8.38. The number of carbonyl (C=O) groups is 2. The molecule has 1 fully saturated rings. The molecule has 0 bridgehead atoms. The van der Waals surface area contributed by atoms with E-state index >= 15 is 0 Å². The van der Waals surface area contributed by atoms with Gasteiger partial charge in [-0.25, -0.2) is 0 Å². The summed E-state index contributed by atoms with van der Waals surface area (Å²) < 4.78 is 0. The number of nitro groups is 1. The molecule has 1 unspecified atom stereocenters. The summed E-state index contributed by atoms with van der Waals surface area (Å²) in [5.41, 5.74) is 0.648. The highest BCUT2D eigenvalue weighted by atomic mass is 16.6. The number of hydrogen-bond donors (Lipinski definition) is 1. The van der Waals surface area contributed by atoms with Crippen molar-refractivity contribution in [3.05, 3.63) is 75.6 Å². The van der Waals surface area contributed by atoms with Crippen molar-refractivity contribution in [1.29, 1.82) is 0 Å². The van der Waals surface area contributed by atoms with E-state index in [1.54, 1.807) is 24.5 Å². The van der Waals surface area contributed by atoms with Crippen LogP contribution in [0.15, 0.2) is 54.4 Å². The summed E-state index contributed by atoms with van der Waals surface area (Å²) in [6.07, 6.45) is 3.76. The molecule has 8 nitrogen and oxygen atoms in total. The third-order valence-electron chi connectivity index (χ3n) is 4.36. The molecule has 1 saturated heterocycles. The molecule has 0 aliphatic carbocycles. The summed E-state index contributed by atoms with van der Waals surface area (Å²) in [5, 5.41) is 21.5. The van der Waals surface area contributed by atoms with Gasteiger partial charge in [-0.05, 0) is 30.2 Å². The lowest BCUT2D eigenvalue weighted by atomic mass is 9.96. The predicted octanol–water partition coefficient (Wildman–Crippen LogP) is 2.82. The van der Waals surface area contributed by atoms with Crippen molar-refractivity contribution >= 4 is 23.1 Å². The minimum absolute atomic E-state index is 0.0460. The Labute approximate surface area is 154 Å². The van der Waals surface area contributed by atoms with Crippen LogP contribution in [0.5, 0.6) is 0 Å². The number of nitrogens with zero attached hydrogens (tertiary/aromatic N) is 3. The number of ketones is 1. The molecule has 1 aliphatic heterocycles. The smallest absolute Gasteiger partial charge is 0.295 e. The Bertz CT molecular complexity index is 922. The summed E-state index contributed by atoms with van der Waals surface area (Å²) in [5.74, 6) is -1.84. The number of non-ortho nitro benzene ring substituents is 1. The fourth-order valence-corrected chi connectivity index (χ4v) is 3.13. The van der Waals surface area contributed by atoms with Gasteiger partial charge in [0.15, 0.2) is 0 Å². The molecule has 1 atom stereocenters. The van der Waals surface area contributed by atoms with Gasteiger partial charge < -0.3 is 10.0 Å². The molecule has 1 N–H and O–H groups in total. The van der Waals surface area contributed by atoms with Crippen molar-refractivity contribution in [3.8, 4) is 0 Å². The molecule has 8 heteroatoms. The highest BCUT2D eigenvalue weighted by Gasteiger charge is 2.45. The number of hydrogen-bond acceptors (Lipinski definition) is 6. The number of aromatic nitrogens is 1. The largest absolute Gasteiger partial charge is 0.507 e. The van der Waals surface area contributed by atoms with Crippen LogP contribution >= 0.6 is 0 Å². The van der Waals surface area contributed by atoms with Crippen LogP contribution < -0.4 is 0 Å². The molecular formula is C19H17N3O5. The molecule has 0 radical (unpaired) electrons. The van der Waals surface area contributed by atoms with Crippen LogP contribution in [-0.2, 0) is 9.59 Å². The van der Waals surface area contributed by atoms with E-state index in [-0.39, 0.29) is 22.6 Å². The first-order valence-electron chi connectivity index (χ1n) is 8.38. The van der Waals surface area contributed by atoms with Crippen LogP contribution in [0.25, 0.3) is 5.76 Å². The highest BCUT2D eigenvalue weighted by molar-refractivity contribution is 6.46. The van der Waals surface area contributed by atoms with Crippen LogP contribution in [0.2, 0.25) is 0 Å². The second kappa shape index (κ2) is 7.36. The molecule has 2 aromatic rings. The Kier molecular flexibility index (Phi) is 4.98. The van der Waals surface area contributed by atoms with E-state index in [1.807, 2.05) is 6.92 Å². The van der Waals surface area contributed by atoms with E-state index in [0.29, 0.717) is 18.5 Å². The van der Waals surface area contributed by atoms with E-state index in [0.717, 1.165) is 0 Å². The minimum atomic E-state index is -0.784. The number of rotatable bonds is 5. The van der Waals surface area contributed by atoms with Crippen molar-refractivity contribution in [2.24, 2.45) is 0 Å². The van der Waals surface area contributed by atoms with Crippen LogP contribution in [0.1, 0.15) is 30.5 Å². The lowest BCUT2D eigenvalue weighted by Gasteiger charge is -2.24. The quantitative estimate of drug-likeness (QED) is 0.286. The van der Waals surface area contributed by atoms with Crippen molar-refractivity contribution < 1.29 is 19.6 Å². The van der Waals surface area contributed by atoms with Gasteiger partial charge in [0, 0.05) is 36.6 Å². The van der Waals surface area contributed by atoms with Crippen molar-refractivity contribution in [3.63, 3.8) is 0 Å². The van der Waals surface area contributed by atoms with Gasteiger partial charge in [-0.1, -0.05) is 13.0 Å². The van der Waals surface area contributed by atoms with Crippen molar-refractivity contribution in [1.82, 2.24) is 9.88 Å². The zero-order chi connectivity index (χ0) is 19.6. The van der Waals surface area contributed by atoms with E-state index < -0.39 is 22.7 Å². The van der Waals surface area contributed by atoms with Crippen molar-refractivity contribution in [2.75, 3.05) is 6.54 Å². The van der Waals surface area contributed by atoms with Gasteiger partial charge in [0.05, 0.1) is 16.5 Å². The molecule has 0 saturated carbocycles. The maximum Gasteiger partial charge on any atom is 0.295 e. The normalized spacial score (nSPS) is 18.7. The average Bonchev–Trinajstić information content (AvgIpc) is 2.93. The monoisotopic (exact) mass is 367 g/mol. The number of aliphatic hydroxyl groups excluding tert-OH is 1. The minimum Gasteiger partial charge on any atom is -0.507 e. The maximum absolute atomic E-state index is 12.6. The first kappa shape index (κ1) is 18.2.